The molecule has 1 unspecified atom stereocenters. The SMILES string of the molecule is CCC(C)Sc1nc2c(c(=O)[nH]c(=O)n2C)n1CCOC. The van der Waals surface area contributed by atoms with Crippen LogP contribution >= 0.6 is 11.8 Å². The third-order valence-electron chi connectivity index (χ3n) is 3.37. The summed E-state index contributed by atoms with van der Waals surface area (Å²) >= 11 is 1.60. The predicted octanol–water partition coefficient (Wildman–Crippen LogP) is 0.960. The van der Waals surface area contributed by atoms with Gasteiger partial charge in [0, 0.05) is 26.0 Å². The zero-order chi connectivity index (χ0) is 15.6. The van der Waals surface area contributed by atoms with Gasteiger partial charge in [0.2, 0.25) is 0 Å². The zero-order valence-electron chi connectivity index (χ0n) is 12.7. The molecule has 0 radical (unpaired) electrons. The first kappa shape index (κ1) is 15.8. The van der Waals surface area contributed by atoms with E-state index in [1.54, 1.807) is 25.9 Å². The summed E-state index contributed by atoms with van der Waals surface area (Å²) < 4.78 is 8.29. The quantitative estimate of drug-likeness (QED) is 0.804. The van der Waals surface area contributed by atoms with Crippen molar-refractivity contribution in [1.82, 2.24) is 19.1 Å². The molecule has 0 bridgehead atoms. The van der Waals surface area contributed by atoms with Crippen LogP contribution in [0.4, 0.5) is 0 Å². The minimum atomic E-state index is -0.455. The number of fused-ring (bicyclic) bond motifs is 1. The molecular weight excluding hydrogens is 292 g/mol. The molecule has 0 aromatic carbocycles. The lowest BCUT2D eigenvalue weighted by molar-refractivity contribution is 0.186. The van der Waals surface area contributed by atoms with Crippen molar-refractivity contribution < 1.29 is 4.74 Å². The summed E-state index contributed by atoms with van der Waals surface area (Å²) in [6.45, 7) is 5.20. The third-order valence-corrected chi connectivity index (χ3v) is 4.63. The number of methoxy groups -OCH3 is 1. The molecule has 0 aliphatic carbocycles. The van der Waals surface area contributed by atoms with Gasteiger partial charge in [0.05, 0.1) is 6.61 Å². The minimum absolute atomic E-state index is 0.374. The Hall–Kier alpha value is -1.54. The molecule has 21 heavy (non-hydrogen) atoms. The predicted molar refractivity (Wildman–Crippen MR) is 83.1 cm³/mol. The molecule has 0 fully saturated rings. The van der Waals surface area contributed by atoms with Crippen LogP contribution in [0.5, 0.6) is 0 Å². The standard InChI is InChI=1S/C13H20N4O3S/c1-5-8(2)21-13-14-10-9(17(13)6-7-20-4)11(18)15-12(19)16(10)3/h8H,5-7H2,1-4H3,(H,15,18,19). The number of hydrogen-bond donors (Lipinski definition) is 1. The van der Waals surface area contributed by atoms with E-state index in [9.17, 15) is 9.59 Å². The molecule has 0 spiro atoms. The summed E-state index contributed by atoms with van der Waals surface area (Å²) in [5.74, 6) is 0. The van der Waals surface area contributed by atoms with Crippen LogP contribution in [-0.2, 0) is 18.3 Å². The molecule has 2 aromatic rings. The average molecular weight is 312 g/mol. The van der Waals surface area contributed by atoms with Crippen LogP contribution in [0.2, 0.25) is 0 Å². The van der Waals surface area contributed by atoms with Crippen LogP contribution in [0.15, 0.2) is 14.7 Å². The van der Waals surface area contributed by atoms with Gasteiger partial charge in [-0.25, -0.2) is 9.78 Å². The second-order valence-corrected chi connectivity index (χ2v) is 6.27. The Labute approximate surface area is 126 Å². The molecule has 2 rings (SSSR count). The lowest BCUT2D eigenvalue weighted by Gasteiger charge is -2.10. The maximum absolute atomic E-state index is 12.1. The molecule has 0 amide bonds. The van der Waals surface area contributed by atoms with Crippen LogP contribution in [-0.4, -0.2) is 38.1 Å². The number of H-pyrrole nitrogens is 1. The summed E-state index contributed by atoms with van der Waals surface area (Å²) in [5.41, 5.74) is -0.0395. The topological polar surface area (TPSA) is 81.9 Å². The summed E-state index contributed by atoms with van der Waals surface area (Å²) in [7, 11) is 3.21. The Morgan fingerprint density at radius 2 is 2.14 bits per heavy atom. The fourth-order valence-electron chi connectivity index (χ4n) is 1.96. The van der Waals surface area contributed by atoms with Gasteiger partial charge >= 0.3 is 5.69 Å². The molecule has 0 aliphatic rings. The van der Waals surface area contributed by atoms with E-state index < -0.39 is 11.2 Å². The molecule has 1 N–H and O–H groups in total. The largest absolute Gasteiger partial charge is 0.383 e. The van der Waals surface area contributed by atoms with Crippen LogP contribution in [0, 0.1) is 0 Å². The van der Waals surface area contributed by atoms with Gasteiger partial charge in [-0.05, 0) is 6.42 Å². The number of thioether (sulfide) groups is 1. The van der Waals surface area contributed by atoms with Crippen molar-refractivity contribution in [3.8, 4) is 0 Å². The molecule has 8 heteroatoms. The molecule has 2 heterocycles. The molecule has 116 valence electrons. The normalized spacial score (nSPS) is 13.0. The number of hydrogen-bond acceptors (Lipinski definition) is 5. The van der Waals surface area contributed by atoms with Crippen molar-refractivity contribution in [2.75, 3.05) is 13.7 Å². The van der Waals surface area contributed by atoms with E-state index in [2.05, 4.69) is 23.8 Å². The van der Waals surface area contributed by atoms with Crippen LogP contribution in [0.1, 0.15) is 20.3 Å². The number of rotatable bonds is 6. The Morgan fingerprint density at radius 1 is 1.43 bits per heavy atom. The van der Waals surface area contributed by atoms with E-state index in [0.717, 1.165) is 11.6 Å². The summed E-state index contributed by atoms with van der Waals surface area (Å²) in [5, 5.41) is 1.11. The second kappa shape index (κ2) is 6.48. The second-order valence-electron chi connectivity index (χ2n) is 4.87. The minimum Gasteiger partial charge on any atom is -0.383 e. The van der Waals surface area contributed by atoms with Gasteiger partial charge in [0.25, 0.3) is 5.56 Å². The molecule has 1 atom stereocenters. The van der Waals surface area contributed by atoms with Crippen molar-refractivity contribution in [3.05, 3.63) is 20.8 Å². The first-order valence-electron chi connectivity index (χ1n) is 6.84. The number of aromatic amines is 1. The highest BCUT2D eigenvalue weighted by molar-refractivity contribution is 7.99. The van der Waals surface area contributed by atoms with Crippen LogP contribution < -0.4 is 11.2 Å². The van der Waals surface area contributed by atoms with E-state index in [4.69, 9.17) is 4.74 Å². The van der Waals surface area contributed by atoms with Gasteiger partial charge in [-0.2, -0.15) is 0 Å². The van der Waals surface area contributed by atoms with Crippen molar-refractivity contribution >= 4 is 22.9 Å². The zero-order valence-corrected chi connectivity index (χ0v) is 13.5. The first-order chi connectivity index (χ1) is 9.99. The van der Waals surface area contributed by atoms with Crippen molar-refractivity contribution in [2.45, 2.75) is 37.2 Å². The van der Waals surface area contributed by atoms with E-state index in [-0.39, 0.29) is 0 Å². The monoisotopic (exact) mass is 312 g/mol. The molecule has 0 saturated heterocycles. The molecule has 0 saturated carbocycles. The van der Waals surface area contributed by atoms with E-state index in [1.165, 1.54) is 4.57 Å². The fraction of sp³-hybridized carbons (Fsp3) is 0.615. The average Bonchev–Trinajstić information content (AvgIpc) is 2.81. The number of nitrogens with zero attached hydrogens (tertiary/aromatic N) is 3. The third kappa shape index (κ3) is 3.06. The van der Waals surface area contributed by atoms with Crippen molar-refractivity contribution in [1.29, 1.82) is 0 Å². The molecule has 2 aromatic heterocycles. The smallest absolute Gasteiger partial charge is 0.329 e. The summed E-state index contributed by atoms with van der Waals surface area (Å²) in [6.07, 6.45) is 0.993. The number of ether oxygens (including phenoxy) is 1. The number of aromatic nitrogens is 4. The fourth-order valence-corrected chi connectivity index (χ4v) is 2.93. The van der Waals surface area contributed by atoms with Gasteiger partial charge < -0.3 is 9.30 Å². The molecular formula is C13H20N4O3S. The Bertz CT molecular complexity index is 746. The van der Waals surface area contributed by atoms with Crippen molar-refractivity contribution in [2.24, 2.45) is 7.05 Å². The van der Waals surface area contributed by atoms with E-state index in [1.807, 2.05) is 4.57 Å². The van der Waals surface area contributed by atoms with Gasteiger partial charge in [0.15, 0.2) is 16.3 Å². The number of imidazole rings is 1. The lowest BCUT2D eigenvalue weighted by Crippen LogP contribution is -2.29. The van der Waals surface area contributed by atoms with Gasteiger partial charge in [-0.15, -0.1) is 0 Å². The number of aryl methyl sites for hydroxylation is 1. The van der Waals surface area contributed by atoms with Gasteiger partial charge in [-0.1, -0.05) is 25.6 Å². The maximum Gasteiger partial charge on any atom is 0.329 e. The van der Waals surface area contributed by atoms with E-state index >= 15 is 0 Å². The van der Waals surface area contributed by atoms with E-state index in [0.29, 0.717) is 29.6 Å². The number of nitrogens with one attached hydrogen (secondary N) is 1. The molecule has 7 nitrogen and oxygen atoms in total. The van der Waals surface area contributed by atoms with Gasteiger partial charge in [-0.3, -0.25) is 14.3 Å². The first-order valence-corrected chi connectivity index (χ1v) is 7.72. The van der Waals surface area contributed by atoms with Crippen molar-refractivity contribution in [3.63, 3.8) is 0 Å². The highest BCUT2D eigenvalue weighted by Crippen LogP contribution is 2.26. The summed E-state index contributed by atoms with van der Waals surface area (Å²) in [4.78, 5) is 30.6. The highest BCUT2D eigenvalue weighted by Gasteiger charge is 2.18. The highest BCUT2D eigenvalue weighted by atomic mass is 32.2. The maximum atomic E-state index is 12.1. The Balaban J connectivity index is 2.66. The van der Waals surface area contributed by atoms with Gasteiger partial charge in [0.1, 0.15) is 0 Å². The van der Waals surface area contributed by atoms with Crippen LogP contribution in [0.3, 0.4) is 0 Å². The molecule has 0 aliphatic heterocycles. The lowest BCUT2D eigenvalue weighted by atomic mass is 10.4. The Kier molecular flexibility index (Phi) is 4.89. The Morgan fingerprint density at radius 3 is 2.76 bits per heavy atom. The summed E-state index contributed by atoms with van der Waals surface area (Å²) in [6, 6.07) is 0. The van der Waals surface area contributed by atoms with Crippen LogP contribution in [0.25, 0.3) is 11.2 Å².